The van der Waals surface area contributed by atoms with Crippen molar-refractivity contribution in [1.82, 2.24) is 5.32 Å². The van der Waals surface area contributed by atoms with Gasteiger partial charge in [0.05, 0.1) is 6.04 Å². The first-order valence-corrected chi connectivity index (χ1v) is 5.01. The van der Waals surface area contributed by atoms with E-state index < -0.39 is 29.3 Å². The molecule has 0 saturated carbocycles. The standard InChI is InChI=1S/C11H10F3NO/c12-7-4-6(5-8(13)10(7)14)11(16)9-2-1-3-15-9/h4-5,9,15H,1-3H2/t9-/m1/s1. The summed E-state index contributed by atoms with van der Waals surface area (Å²) < 4.78 is 38.5. The summed E-state index contributed by atoms with van der Waals surface area (Å²) >= 11 is 0. The second-order valence-corrected chi connectivity index (χ2v) is 3.77. The second kappa shape index (κ2) is 4.25. The van der Waals surface area contributed by atoms with E-state index in [9.17, 15) is 18.0 Å². The first-order chi connectivity index (χ1) is 7.59. The highest BCUT2D eigenvalue weighted by Gasteiger charge is 2.25. The topological polar surface area (TPSA) is 29.1 Å². The number of nitrogens with one attached hydrogen (secondary N) is 1. The van der Waals surface area contributed by atoms with Crippen LogP contribution in [0.4, 0.5) is 13.2 Å². The molecule has 16 heavy (non-hydrogen) atoms. The van der Waals surface area contributed by atoms with E-state index in [-0.39, 0.29) is 5.56 Å². The van der Waals surface area contributed by atoms with Crippen molar-refractivity contribution in [2.24, 2.45) is 0 Å². The average molecular weight is 229 g/mol. The van der Waals surface area contributed by atoms with E-state index in [1.807, 2.05) is 0 Å². The molecule has 1 fully saturated rings. The zero-order chi connectivity index (χ0) is 11.7. The van der Waals surface area contributed by atoms with Gasteiger partial charge in [-0.3, -0.25) is 4.79 Å². The summed E-state index contributed by atoms with van der Waals surface area (Å²) in [6.07, 6.45) is 1.49. The summed E-state index contributed by atoms with van der Waals surface area (Å²) in [5.74, 6) is -4.60. The molecule has 1 atom stereocenters. The number of rotatable bonds is 2. The van der Waals surface area contributed by atoms with Gasteiger partial charge < -0.3 is 5.32 Å². The Bertz CT molecular complexity index is 404. The first-order valence-electron chi connectivity index (χ1n) is 5.01. The number of carbonyl (C=O) groups is 1. The highest BCUT2D eigenvalue weighted by molar-refractivity contribution is 6.00. The van der Waals surface area contributed by atoms with E-state index in [2.05, 4.69) is 5.32 Å². The summed E-state index contributed by atoms with van der Waals surface area (Å²) in [7, 11) is 0. The molecule has 0 aromatic heterocycles. The normalized spacial score (nSPS) is 20.1. The van der Waals surface area contributed by atoms with Gasteiger partial charge in [-0.1, -0.05) is 0 Å². The van der Waals surface area contributed by atoms with Crippen molar-refractivity contribution in [3.05, 3.63) is 35.1 Å². The van der Waals surface area contributed by atoms with Gasteiger partial charge in [-0.15, -0.1) is 0 Å². The first kappa shape index (κ1) is 11.1. The minimum Gasteiger partial charge on any atom is -0.307 e. The molecule has 2 rings (SSSR count). The van der Waals surface area contributed by atoms with Crippen LogP contribution in [0, 0.1) is 17.5 Å². The third-order valence-corrected chi connectivity index (χ3v) is 2.65. The fourth-order valence-electron chi connectivity index (χ4n) is 1.81. The Morgan fingerprint density at radius 2 is 1.88 bits per heavy atom. The van der Waals surface area contributed by atoms with Crippen molar-refractivity contribution in [2.45, 2.75) is 18.9 Å². The lowest BCUT2D eigenvalue weighted by Gasteiger charge is -2.09. The number of benzene rings is 1. The molecule has 2 nitrogen and oxygen atoms in total. The highest BCUT2D eigenvalue weighted by Crippen LogP contribution is 2.17. The van der Waals surface area contributed by atoms with E-state index >= 15 is 0 Å². The number of hydrogen-bond donors (Lipinski definition) is 1. The zero-order valence-electron chi connectivity index (χ0n) is 8.40. The lowest BCUT2D eigenvalue weighted by molar-refractivity contribution is 0.0951. The summed E-state index contributed by atoms with van der Waals surface area (Å²) in [6.45, 7) is 0.711. The molecule has 0 aliphatic carbocycles. The maximum Gasteiger partial charge on any atom is 0.194 e. The zero-order valence-corrected chi connectivity index (χ0v) is 8.40. The van der Waals surface area contributed by atoms with E-state index in [1.165, 1.54) is 0 Å². The van der Waals surface area contributed by atoms with Crippen molar-refractivity contribution in [1.29, 1.82) is 0 Å². The van der Waals surface area contributed by atoms with Crippen molar-refractivity contribution >= 4 is 5.78 Å². The van der Waals surface area contributed by atoms with Crippen LogP contribution >= 0.6 is 0 Å². The van der Waals surface area contributed by atoms with Gasteiger partial charge >= 0.3 is 0 Å². The van der Waals surface area contributed by atoms with Crippen molar-refractivity contribution < 1.29 is 18.0 Å². The van der Waals surface area contributed by atoms with Crippen LogP contribution < -0.4 is 5.32 Å². The van der Waals surface area contributed by atoms with Crippen LogP contribution in [0.2, 0.25) is 0 Å². The van der Waals surface area contributed by atoms with Gasteiger partial charge in [0.15, 0.2) is 23.2 Å². The minimum atomic E-state index is -1.55. The van der Waals surface area contributed by atoms with Gasteiger partial charge in [0.25, 0.3) is 0 Å². The molecule has 1 aliphatic heterocycles. The molecule has 86 valence electrons. The molecule has 1 heterocycles. The van der Waals surface area contributed by atoms with Crippen LogP contribution in [-0.4, -0.2) is 18.4 Å². The Balaban J connectivity index is 2.29. The Morgan fingerprint density at radius 1 is 1.25 bits per heavy atom. The molecule has 0 unspecified atom stereocenters. The van der Waals surface area contributed by atoms with Gasteiger partial charge in [0.1, 0.15) is 0 Å². The quantitative estimate of drug-likeness (QED) is 0.621. The predicted octanol–water partition coefficient (Wildman–Crippen LogP) is 2.04. The Labute approximate surface area is 90.5 Å². The van der Waals surface area contributed by atoms with Crippen molar-refractivity contribution in [2.75, 3.05) is 6.54 Å². The molecule has 0 bridgehead atoms. The molecule has 1 aromatic carbocycles. The van der Waals surface area contributed by atoms with E-state index in [0.29, 0.717) is 13.0 Å². The number of hydrogen-bond acceptors (Lipinski definition) is 2. The number of ketones is 1. The maximum absolute atomic E-state index is 12.9. The van der Waals surface area contributed by atoms with Crippen molar-refractivity contribution in [3.8, 4) is 0 Å². The van der Waals surface area contributed by atoms with Gasteiger partial charge in [-0.05, 0) is 31.5 Å². The number of Topliss-reactive ketones (excluding diaryl/α,β-unsaturated/α-hetero) is 1. The minimum absolute atomic E-state index is 0.129. The van der Waals surface area contributed by atoms with E-state index in [4.69, 9.17) is 0 Å². The van der Waals surface area contributed by atoms with Gasteiger partial charge in [0.2, 0.25) is 0 Å². The fourth-order valence-corrected chi connectivity index (χ4v) is 1.81. The Morgan fingerprint density at radius 3 is 2.38 bits per heavy atom. The monoisotopic (exact) mass is 229 g/mol. The van der Waals surface area contributed by atoms with Crippen molar-refractivity contribution in [3.63, 3.8) is 0 Å². The number of carbonyl (C=O) groups excluding carboxylic acids is 1. The SMILES string of the molecule is O=C(c1cc(F)c(F)c(F)c1)[C@H]1CCCN1. The van der Waals surface area contributed by atoms with Crippen LogP contribution in [-0.2, 0) is 0 Å². The third-order valence-electron chi connectivity index (χ3n) is 2.65. The molecule has 0 spiro atoms. The summed E-state index contributed by atoms with van der Waals surface area (Å²) in [5, 5.41) is 2.92. The van der Waals surface area contributed by atoms with E-state index in [1.54, 1.807) is 0 Å². The summed E-state index contributed by atoms with van der Waals surface area (Å²) in [5.41, 5.74) is -0.129. The third kappa shape index (κ3) is 1.95. The number of halogens is 3. The van der Waals surface area contributed by atoms with Crippen LogP contribution in [0.15, 0.2) is 12.1 Å². The van der Waals surface area contributed by atoms with Crippen LogP contribution in [0.3, 0.4) is 0 Å². The molecule has 1 aromatic rings. The molecule has 5 heteroatoms. The van der Waals surface area contributed by atoms with E-state index in [0.717, 1.165) is 18.6 Å². The Kier molecular flexibility index (Phi) is 2.96. The Hall–Kier alpha value is -1.36. The molecule has 1 N–H and O–H groups in total. The molecule has 0 radical (unpaired) electrons. The summed E-state index contributed by atoms with van der Waals surface area (Å²) in [4.78, 5) is 11.7. The molecule has 1 saturated heterocycles. The smallest absolute Gasteiger partial charge is 0.194 e. The fraction of sp³-hybridized carbons (Fsp3) is 0.364. The second-order valence-electron chi connectivity index (χ2n) is 3.77. The maximum atomic E-state index is 12.9. The van der Waals surface area contributed by atoms with Gasteiger partial charge in [0, 0.05) is 5.56 Å². The van der Waals surface area contributed by atoms with Crippen LogP contribution in [0.5, 0.6) is 0 Å². The summed E-state index contributed by atoms with van der Waals surface area (Å²) in [6, 6.07) is 1.06. The van der Waals surface area contributed by atoms with Crippen LogP contribution in [0.25, 0.3) is 0 Å². The largest absolute Gasteiger partial charge is 0.307 e. The molecular weight excluding hydrogens is 219 g/mol. The van der Waals surface area contributed by atoms with Crippen LogP contribution in [0.1, 0.15) is 23.2 Å². The molecular formula is C11H10F3NO. The van der Waals surface area contributed by atoms with Gasteiger partial charge in [-0.2, -0.15) is 0 Å². The molecule has 1 aliphatic rings. The lowest BCUT2D eigenvalue weighted by Crippen LogP contribution is -2.30. The highest BCUT2D eigenvalue weighted by atomic mass is 19.2. The average Bonchev–Trinajstić information content (AvgIpc) is 2.77. The predicted molar refractivity (Wildman–Crippen MR) is 51.7 cm³/mol. The van der Waals surface area contributed by atoms with Gasteiger partial charge in [-0.25, -0.2) is 13.2 Å². The lowest BCUT2D eigenvalue weighted by atomic mass is 10.0. The molecule has 0 amide bonds.